The number of rotatable bonds is 7. The average Bonchev–Trinajstić information content (AvgIpc) is 2.13. The first kappa shape index (κ1) is 16.9. The molecule has 0 aromatic carbocycles. The molecule has 17 heavy (non-hydrogen) atoms. The van der Waals surface area contributed by atoms with Gasteiger partial charge in [0.25, 0.3) is 16.8 Å². The molecule has 0 rings (SSSR count). The van der Waals surface area contributed by atoms with E-state index in [-0.39, 0.29) is 13.2 Å². The molecule has 0 amide bonds. The summed E-state index contributed by atoms with van der Waals surface area (Å²) in [6.45, 7) is 1.89. The van der Waals surface area contributed by atoms with Gasteiger partial charge in [0.05, 0.1) is 13.2 Å². The number of hydrogen-bond acceptors (Lipinski definition) is 6. The third-order valence-corrected chi connectivity index (χ3v) is 4.13. The van der Waals surface area contributed by atoms with E-state index in [2.05, 4.69) is 13.2 Å². The van der Waals surface area contributed by atoms with Crippen LogP contribution < -0.4 is 0 Å². The van der Waals surface area contributed by atoms with E-state index >= 15 is 0 Å². The van der Waals surface area contributed by atoms with Crippen molar-refractivity contribution in [3.63, 3.8) is 0 Å². The normalized spacial score (nSPS) is 15.2. The Morgan fingerprint density at radius 3 is 1.82 bits per heavy atom. The Hall–Kier alpha value is -0.150. The molecule has 0 aliphatic rings. The lowest BCUT2D eigenvalue weighted by Crippen LogP contribution is -2.33. The molecule has 0 fully saturated rings. The van der Waals surface area contributed by atoms with E-state index in [0.717, 1.165) is 0 Å². The third-order valence-electron chi connectivity index (χ3n) is 1.37. The van der Waals surface area contributed by atoms with Crippen LogP contribution in [0.3, 0.4) is 0 Å². The van der Waals surface area contributed by atoms with Gasteiger partial charge in [-0.1, -0.05) is 0 Å². The van der Waals surface area contributed by atoms with Crippen LogP contribution in [-0.4, -0.2) is 33.7 Å². The number of halogens is 3. The second-order valence-electron chi connectivity index (χ2n) is 2.60. The predicted octanol–water partition coefficient (Wildman–Crippen LogP) is 1.68. The smallest absolute Gasteiger partial charge is 0.307 e. The quantitative estimate of drug-likeness (QED) is 0.569. The first-order chi connectivity index (χ1) is 7.67. The van der Waals surface area contributed by atoms with Crippen molar-refractivity contribution in [3.8, 4) is 0 Å². The van der Waals surface area contributed by atoms with Crippen molar-refractivity contribution in [2.45, 2.75) is 25.9 Å². The molecule has 1 unspecified atom stereocenters. The number of hydrogen-bond donors (Lipinski definition) is 1. The fourth-order valence-electron chi connectivity index (χ4n) is 0.911. The van der Waals surface area contributed by atoms with E-state index in [4.69, 9.17) is 0 Å². The fraction of sp³-hybridized carbons (Fsp3) is 1.00. The first-order valence-electron chi connectivity index (χ1n) is 4.44. The van der Waals surface area contributed by atoms with Crippen LogP contribution in [0.25, 0.3) is 0 Å². The molecule has 0 spiro atoms. The van der Waals surface area contributed by atoms with Crippen molar-refractivity contribution in [3.05, 3.63) is 0 Å². The van der Waals surface area contributed by atoms with E-state index in [9.17, 15) is 26.2 Å². The van der Waals surface area contributed by atoms with Gasteiger partial charge >= 0.3 is 13.8 Å². The summed E-state index contributed by atoms with van der Waals surface area (Å²) in [5, 5.41) is 0. The zero-order chi connectivity index (χ0) is 13.7. The Morgan fingerprint density at radius 2 is 1.59 bits per heavy atom. The Balaban J connectivity index is 5.28. The Morgan fingerprint density at radius 1 is 1.18 bits per heavy atom. The molecule has 0 bridgehead atoms. The molecule has 0 aromatic heterocycles. The fourth-order valence-corrected chi connectivity index (χ4v) is 3.31. The minimum Gasteiger partial charge on any atom is -0.307 e. The maximum absolute atomic E-state index is 12.5. The van der Waals surface area contributed by atoms with Gasteiger partial charge < -0.3 is 9.05 Å². The standard InChI is InChI=1S/C6H12F3O6PS/c1-3-13-16(10,14-4-2)5(6(7,8)9)15-17(11)12/h5,17H,3-4H2,1-2H3. The van der Waals surface area contributed by atoms with Crippen LogP contribution in [0.4, 0.5) is 13.2 Å². The maximum atomic E-state index is 12.5. The lowest BCUT2D eigenvalue weighted by molar-refractivity contribution is -0.173. The molecule has 6 nitrogen and oxygen atoms in total. The van der Waals surface area contributed by atoms with Crippen molar-refractivity contribution >= 4 is 18.6 Å². The highest BCUT2D eigenvalue weighted by molar-refractivity contribution is 7.68. The average molecular weight is 300 g/mol. The summed E-state index contributed by atoms with van der Waals surface area (Å²) in [6.07, 6.45) is -5.19. The molecule has 0 radical (unpaired) electrons. The first-order valence-corrected chi connectivity index (χ1v) is 7.14. The molecule has 0 heterocycles. The van der Waals surface area contributed by atoms with Crippen molar-refractivity contribution < 1.29 is 39.4 Å². The molecule has 0 aliphatic carbocycles. The van der Waals surface area contributed by atoms with Crippen molar-refractivity contribution in [1.29, 1.82) is 0 Å². The number of alkyl halides is 3. The second kappa shape index (κ2) is 6.69. The van der Waals surface area contributed by atoms with Crippen LogP contribution in [0.1, 0.15) is 13.8 Å². The van der Waals surface area contributed by atoms with Gasteiger partial charge in [0.15, 0.2) is 0 Å². The van der Waals surface area contributed by atoms with Crippen LogP contribution in [0, 0.1) is 0 Å². The van der Waals surface area contributed by atoms with Crippen molar-refractivity contribution in [1.82, 2.24) is 0 Å². The Bertz CT molecular complexity index is 336. The molecule has 11 heteroatoms. The van der Waals surface area contributed by atoms with E-state index in [0.29, 0.717) is 0 Å². The van der Waals surface area contributed by atoms with E-state index in [1.165, 1.54) is 13.8 Å². The topological polar surface area (TPSA) is 78.9 Å². The lowest BCUT2D eigenvalue weighted by Gasteiger charge is -2.25. The molecule has 0 saturated carbocycles. The summed E-state index contributed by atoms with van der Waals surface area (Å²) in [6, 6.07) is 0. The molecule has 0 N–H and O–H groups in total. The molecular weight excluding hydrogens is 288 g/mol. The summed E-state index contributed by atoms with van der Waals surface area (Å²) in [5.74, 6) is -3.14. The van der Waals surface area contributed by atoms with Crippen LogP contribution in [0.2, 0.25) is 0 Å². The highest BCUT2D eigenvalue weighted by Crippen LogP contribution is 2.58. The zero-order valence-corrected chi connectivity index (χ0v) is 10.8. The van der Waals surface area contributed by atoms with Gasteiger partial charge in [0.1, 0.15) is 0 Å². The zero-order valence-electron chi connectivity index (χ0n) is 8.97. The predicted molar refractivity (Wildman–Crippen MR) is 52.1 cm³/mol. The third kappa shape index (κ3) is 5.35. The molecule has 0 aromatic rings. The summed E-state index contributed by atoms with van der Waals surface area (Å²) < 4.78 is 82.0. The van der Waals surface area contributed by atoms with Gasteiger partial charge in [0, 0.05) is 0 Å². The van der Waals surface area contributed by atoms with Gasteiger partial charge in [-0.3, -0.25) is 4.57 Å². The van der Waals surface area contributed by atoms with Gasteiger partial charge in [-0.2, -0.15) is 13.2 Å². The van der Waals surface area contributed by atoms with Gasteiger partial charge in [-0.15, -0.1) is 0 Å². The Kier molecular flexibility index (Phi) is 6.64. The summed E-state index contributed by atoms with van der Waals surface area (Å²) >= 11 is 0. The van der Waals surface area contributed by atoms with Gasteiger partial charge in [-0.25, -0.2) is 12.6 Å². The minimum absolute atomic E-state index is 0.344. The molecule has 1 atom stereocenters. The molecule has 104 valence electrons. The number of thiol groups is 1. The van der Waals surface area contributed by atoms with Crippen LogP contribution in [-0.2, 0) is 28.8 Å². The van der Waals surface area contributed by atoms with Gasteiger partial charge in [-0.05, 0) is 13.8 Å². The highest BCUT2D eigenvalue weighted by atomic mass is 32.2. The molecule has 0 aliphatic heterocycles. The second-order valence-corrected chi connectivity index (χ2v) is 5.32. The summed E-state index contributed by atoms with van der Waals surface area (Å²) in [4.78, 5) is 0. The van der Waals surface area contributed by atoms with Crippen LogP contribution in [0.5, 0.6) is 0 Å². The molecular formula is C6H12F3O6PS. The van der Waals surface area contributed by atoms with E-state index in [1.807, 2.05) is 0 Å². The monoisotopic (exact) mass is 300 g/mol. The summed E-state index contributed by atoms with van der Waals surface area (Å²) in [5.41, 5.74) is 0. The van der Waals surface area contributed by atoms with Crippen LogP contribution in [0.15, 0.2) is 0 Å². The lowest BCUT2D eigenvalue weighted by atomic mass is 10.7. The van der Waals surface area contributed by atoms with Crippen molar-refractivity contribution in [2.75, 3.05) is 13.2 Å². The van der Waals surface area contributed by atoms with Crippen LogP contribution >= 0.6 is 7.60 Å². The SMILES string of the molecule is CCOP(=O)(OCC)C(O[SH](=O)=O)C(F)(F)F. The largest absolute Gasteiger partial charge is 0.427 e. The highest BCUT2D eigenvalue weighted by Gasteiger charge is 2.56. The van der Waals surface area contributed by atoms with E-state index in [1.54, 1.807) is 0 Å². The molecule has 0 saturated heterocycles. The minimum atomic E-state index is -5.19. The van der Waals surface area contributed by atoms with Crippen molar-refractivity contribution in [2.24, 2.45) is 0 Å². The Labute approximate surface area is 97.7 Å². The van der Waals surface area contributed by atoms with Gasteiger partial charge in [0.2, 0.25) is 0 Å². The summed E-state index contributed by atoms with van der Waals surface area (Å²) in [7, 11) is -8.58. The maximum Gasteiger partial charge on any atom is 0.427 e. The van der Waals surface area contributed by atoms with E-state index < -0.39 is 30.6 Å².